The Morgan fingerprint density at radius 3 is 3.06 bits per heavy atom. The summed E-state index contributed by atoms with van der Waals surface area (Å²) in [6.45, 7) is 3.16. The standard InChI is InChI=1S/C13H20ClNOS/c1-9(11-6-13(14)17-8-11)15-7-10-3-2-4-12(16)5-10/h6,8-10,12,15-16H,2-5,7H2,1H3. The highest BCUT2D eigenvalue weighted by molar-refractivity contribution is 7.14. The molecule has 1 aliphatic carbocycles. The van der Waals surface area contributed by atoms with Crippen LogP contribution in [0.4, 0.5) is 0 Å². The third kappa shape index (κ3) is 3.95. The second-order valence-electron chi connectivity index (χ2n) is 5.00. The summed E-state index contributed by atoms with van der Waals surface area (Å²) in [6.07, 6.45) is 4.24. The maximum absolute atomic E-state index is 9.62. The molecule has 0 amide bonds. The van der Waals surface area contributed by atoms with Crippen LogP contribution in [0, 0.1) is 5.92 Å². The van der Waals surface area contributed by atoms with Gasteiger partial charge in [0, 0.05) is 6.04 Å². The molecule has 0 spiro atoms. The SMILES string of the molecule is CC(NCC1CCCC(O)C1)c1csc(Cl)c1. The quantitative estimate of drug-likeness (QED) is 0.879. The van der Waals surface area contributed by atoms with E-state index in [0.29, 0.717) is 12.0 Å². The largest absolute Gasteiger partial charge is 0.393 e. The third-order valence-corrected chi connectivity index (χ3v) is 4.66. The van der Waals surface area contributed by atoms with Crippen molar-refractivity contribution in [2.75, 3.05) is 6.54 Å². The van der Waals surface area contributed by atoms with Gasteiger partial charge in [0.2, 0.25) is 0 Å². The van der Waals surface area contributed by atoms with Gasteiger partial charge in [0.05, 0.1) is 10.4 Å². The van der Waals surface area contributed by atoms with Crippen molar-refractivity contribution in [2.45, 2.75) is 44.8 Å². The summed E-state index contributed by atoms with van der Waals surface area (Å²) in [7, 11) is 0. The average molecular weight is 274 g/mol. The van der Waals surface area contributed by atoms with Gasteiger partial charge < -0.3 is 10.4 Å². The van der Waals surface area contributed by atoms with Crippen LogP contribution >= 0.6 is 22.9 Å². The van der Waals surface area contributed by atoms with E-state index in [4.69, 9.17) is 11.6 Å². The van der Waals surface area contributed by atoms with Crippen LogP contribution < -0.4 is 5.32 Å². The Balaban J connectivity index is 1.77. The Morgan fingerprint density at radius 1 is 1.59 bits per heavy atom. The zero-order valence-corrected chi connectivity index (χ0v) is 11.7. The number of aliphatic hydroxyl groups excluding tert-OH is 1. The fraction of sp³-hybridized carbons (Fsp3) is 0.692. The van der Waals surface area contributed by atoms with Gasteiger partial charge in [0.25, 0.3) is 0 Å². The van der Waals surface area contributed by atoms with Gasteiger partial charge in [0.15, 0.2) is 0 Å². The minimum absolute atomic E-state index is 0.0820. The molecule has 1 aromatic rings. The van der Waals surface area contributed by atoms with Gasteiger partial charge in [-0.3, -0.25) is 0 Å². The van der Waals surface area contributed by atoms with Crippen LogP contribution in [0.3, 0.4) is 0 Å². The highest BCUT2D eigenvalue weighted by atomic mass is 35.5. The Kier molecular flexibility index (Phi) is 4.86. The summed E-state index contributed by atoms with van der Waals surface area (Å²) < 4.78 is 0.849. The molecule has 3 atom stereocenters. The molecule has 1 heterocycles. The number of rotatable bonds is 4. The van der Waals surface area contributed by atoms with Gasteiger partial charge >= 0.3 is 0 Å². The molecule has 1 fully saturated rings. The number of nitrogens with one attached hydrogen (secondary N) is 1. The van der Waals surface area contributed by atoms with E-state index >= 15 is 0 Å². The van der Waals surface area contributed by atoms with Crippen LogP contribution in [0.15, 0.2) is 11.4 Å². The highest BCUT2D eigenvalue weighted by Crippen LogP contribution is 2.26. The molecule has 0 aliphatic heterocycles. The summed E-state index contributed by atoms with van der Waals surface area (Å²) >= 11 is 7.51. The lowest BCUT2D eigenvalue weighted by molar-refractivity contribution is 0.0998. The van der Waals surface area contributed by atoms with Crippen molar-refractivity contribution in [3.05, 3.63) is 21.3 Å². The molecule has 0 radical (unpaired) electrons. The molecule has 1 aromatic heterocycles. The lowest BCUT2D eigenvalue weighted by atomic mass is 9.87. The zero-order chi connectivity index (χ0) is 12.3. The molecule has 96 valence electrons. The van der Waals surface area contributed by atoms with Crippen LogP contribution in [0.1, 0.15) is 44.2 Å². The second kappa shape index (κ2) is 6.19. The molecule has 2 N–H and O–H groups in total. The highest BCUT2D eigenvalue weighted by Gasteiger charge is 2.20. The zero-order valence-electron chi connectivity index (χ0n) is 10.2. The van der Waals surface area contributed by atoms with Crippen LogP contribution in [0.5, 0.6) is 0 Å². The first kappa shape index (κ1) is 13.3. The van der Waals surface area contributed by atoms with Crippen LogP contribution in [0.2, 0.25) is 4.34 Å². The fourth-order valence-corrected chi connectivity index (χ4v) is 3.44. The topological polar surface area (TPSA) is 32.3 Å². The van der Waals surface area contributed by atoms with E-state index in [9.17, 15) is 5.11 Å². The first-order valence-electron chi connectivity index (χ1n) is 6.30. The predicted octanol–water partition coefficient (Wildman–Crippen LogP) is 3.60. The van der Waals surface area contributed by atoms with Crippen LogP contribution in [-0.4, -0.2) is 17.8 Å². The normalized spacial score (nSPS) is 27.0. The molecule has 0 bridgehead atoms. The third-order valence-electron chi connectivity index (χ3n) is 3.56. The Hall–Kier alpha value is -0.0900. The first-order chi connectivity index (χ1) is 8.15. The van der Waals surface area contributed by atoms with E-state index in [0.717, 1.165) is 30.1 Å². The van der Waals surface area contributed by atoms with Crippen molar-refractivity contribution >= 4 is 22.9 Å². The minimum Gasteiger partial charge on any atom is -0.393 e. The van der Waals surface area contributed by atoms with Gasteiger partial charge in [-0.2, -0.15) is 0 Å². The van der Waals surface area contributed by atoms with Crippen molar-refractivity contribution < 1.29 is 5.11 Å². The van der Waals surface area contributed by atoms with E-state index in [2.05, 4.69) is 17.6 Å². The summed E-state index contributed by atoms with van der Waals surface area (Å²) in [4.78, 5) is 0. The van der Waals surface area contributed by atoms with Gasteiger partial charge in [-0.1, -0.05) is 18.0 Å². The van der Waals surface area contributed by atoms with Crippen molar-refractivity contribution in [2.24, 2.45) is 5.92 Å². The van der Waals surface area contributed by atoms with Crippen LogP contribution in [0.25, 0.3) is 0 Å². The van der Waals surface area contributed by atoms with E-state index in [1.807, 2.05) is 6.07 Å². The molecule has 3 unspecified atom stereocenters. The van der Waals surface area contributed by atoms with Gasteiger partial charge in [0.1, 0.15) is 0 Å². The molecule has 1 aliphatic rings. The average Bonchev–Trinajstić information content (AvgIpc) is 2.73. The summed E-state index contributed by atoms with van der Waals surface area (Å²) in [5, 5.41) is 15.3. The molecule has 4 heteroatoms. The minimum atomic E-state index is -0.0820. The summed E-state index contributed by atoms with van der Waals surface area (Å²) in [5.74, 6) is 0.621. The molecule has 0 saturated heterocycles. The first-order valence-corrected chi connectivity index (χ1v) is 7.56. The summed E-state index contributed by atoms with van der Waals surface area (Å²) in [6, 6.07) is 2.37. The molecule has 1 saturated carbocycles. The lowest BCUT2D eigenvalue weighted by Crippen LogP contribution is -2.30. The van der Waals surface area contributed by atoms with Gasteiger partial charge in [-0.15, -0.1) is 11.3 Å². The van der Waals surface area contributed by atoms with E-state index in [-0.39, 0.29) is 6.10 Å². The van der Waals surface area contributed by atoms with Crippen LogP contribution in [-0.2, 0) is 0 Å². The van der Waals surface area contributed by atoms with Crippen molar-refractivity contribution in [1.82, 2.24) is 5.32 Å². The number of aliphatic hydroxyl groups is 1. The second-order valence-corrected chi connectivity index (χ2v) is 6.54. The Morgan fingerprint density at radius 2 is 2.41 bits per heavy atom. The maximum atomic E-state index is 9.62. The predicted molar refractivity (Wildman–Crippen MR) is 73.7 cm³/mol. The van der Waals surface area contributed by atoms with Gasteiger partial charge in [-0.05, 0) is 55.7 Å². The Bertz CT molecular complexity index is 355. The number of thiophene rings is 1. The molecule has 17 heavy (non-hydrogen) atoms. The molecular weight excluding hydrogens is 254 g/mol. The van der Waals surface area contributed by atoms with Gasteiger partial charge in [-0.25, -0.2) is 0 Å². The lowest BCUT2D eigenvalue weighted by Gasteiger charge is -2.27. The number of hydrogen-bond donors (Lipinski definition) is 2. The summed E-state index contributed by atoms with van der Waals surface area (Å²) in [5.41, 5.74) is 1.26. The van der Waals surface area contributed by atoms with Crippen molar-refractivity contribution in [1.29, 1.82) is 0 Å². The molecular formula is C13H20ClNOS. The molecule has 2 nitrogen and oxygen atoms in total. The van der Waals surface area contributed by atoms with Crippen molar-refractivity contribution in [3.8, 4) is 0 Å². The number of halogens is 1. The number of hydrogen-bond acceptors (Lipinski definition) is 3. The van der Waals surface area contributed by atoms with E-state index in [1.54, 1.807) is 11.3 Å². The van der Waals surface area contributed by atoms with E-state index < -0.39 is 0 Å². The molecule has 0 aromatic carbocycles. The fourth-order valence-electron chi connectivity index (χ4n) is 2.46. The molecule has 2 rings (SSSR count). The Labute approximate surface area is 112 Å². The maximum Gasteiger partial charge on any atom is 0.0931 e. The smallest absolute Gasteiger partial charge is 0.0931 e. The van der Waals surface area contributed by atoms with E-state index in [1.165, 1.54) is 12.0 Å². The van der Waals surface area contributed by atoms with Crippen molar-refractivity contribution in [3.63, 3.8) is 0 Å². The monoisotopic (exact) mass is 273 g/mol.